The van der Waals surface area contributed by atoms with E-state index in [1.165, 1.54) is 7.05 Å². The minimum Gasteiger partial charge on any atom is -0.330 e. The molecule has 0 bridgehead atoms. The monoisotopic (exact) mass is 193 g/mol. The van der Waals surface area contributed by atoms with Gasteiger partial charge in [0.25, 0.3) is 0 Å². The van der Waals surface area contributed by atoms with Crippen LogP contribution in [0.5, 0.6) is 0 Å². The second kappa shape index (κ2) is 3.37. The molecular formula is C7H10F3N3. The molecule has 0 unspecified atom stereocenters. The number of nitrogens with zero attached hydrogens (tertiary/aromatic N) is 2. The molecule has 0 atom stereocenters. The molecule has 0 aliphatic carbocycles. The quantitative estimate of drug-likeness (QED) is 0.759. The van der Waals surface area contributed by atoms with Gasteiger partial charge >= 0.3 is 6.18 Å². The molecular weight excluding hydrogens is 183 g/mol. The summed E-state index contributed by atoms with van der Waals surface area (Å²) in [6.07, 6.45) is -3.16. The SMILES string of the molecule is Cn1c(C(F)(F)F)cnc1CCN. The zero-order chi connectivity index (χ0) is 10.1. The van der Waals surface area contributed by atoms with E-state index in [2.05, 4.69) is 4.98 Å². The fourth-order valence-electron chi connectivity index (χ4n) is 1.07. The van der Waals surface area contributed by atoms with Gasteiger partial charge in [0.1, 0.15) is 11.5 Å². The van der Waals surface area contributed by atoms with Crippen LogP contribution in [0.1, 0.15) is 11.5 Å². The first kappa shape index (κ1) is 10.0. The summed E-state index contributed by atoms with van der Waals surface area (Å²) < 4.78 is 37.7. The van der Waals surface area contributed by atoms with Crippen LogP contribution >= 0.6 is 0 Å². The van der Waals surface area contributed by atoms with E-state index in [4.69, 9.17) is 5.73 Å². The molecule has 0 saturated heterocycles. The van der Waals surface area contributed by atoms with Crippen molar-refractivity contribution in [1.29, 1.82) is 0 Å². The average Bonchev–Trinajstić information content (AvgIpc) is 2.32. The molecule has 0 radical (unpaired) electrons. The largest absolute Gasteiger partial charge is 0.432 e. The third kappa shape index (κ3) is 2.00. The maximum atomic E-state index is 12.2. The van der Waals surface area contributed by atoms with Gasteiger partial charge in [0, 0.05) is 13.5 Å². The van der Waals surface area contributed by atoms with E-state index in [1.54, 1.807) is 0 Å². The average molecular weight is 193 g/mol. The number of imidazole rings is 1. The van der Waals surface area contributed by atoms with Gasteiger partial charge in [0.2, 0.25) is 0 Å². The van der Waals surface area contributed by atoms with Crippen LogP contribution in [0.25, 0.3) is 0 Å². The van der Waals surface area contributed by atoms with Crippen molar-refractivity contribution in [2.24, 2.45) is 12.8 Å². The molecule has 0 aromatic carbocycles. The van der Waals surface area contributed by atoms with Crippen molar-refractivity contribution in [2.45, 2.75) is 12.6 Å². The molecule has 0 spiro atoms. The van der Waals surface area contributed by atoms with Gasteiger partial charge in [-0.15, -0.1) is 0 Å². The van der Waals surface area contributed by atoms with Crippen molar-refractivity contribution < 1.29 is 13.2 Å². The molecule has 74 valence electrons. The molecule has 1 rings (SSSR count). The van der Waals surface area contributed by atoms with Crippen molar-refractivity contribution in [3.8, 4) is 0 Å². The Kier molecular flexibility index (Phi) is 2.60. The van der Waals surface area contributed by atoms with Crippen LogP contribution in [0.3, 0.4) is 0 Å². The maximum absolute atomic E-state index is 12.2. The summed E-state index contributed by atoms with van der Waals surface area (Å²) in [5.74, 6) is 0.356. The number of hydrogen-bond acceptors (Lipinski definition) is 2. The Balaban J connectivity index is 2.99. The van der Waals surface area contributed by atoms with Gasteiger partial charge < -0.3 is 10.3 Å². The normalized spacial score (nSPS) is 12.1. The standard InChI is InChI=1S/C7H10F3N3/c1-13-5(7(8,9)10)4-12-6(13)2-3-11/h4H,2-3,11H2,1H3. The van der Waals surface area contributed by atoms with Crippen molar-refractivity contribution in [3.05, 3.63) is 17.7 Å². The maximum Gasteiger partial charge on any atom is 0.432 e. The van der Waals surface area contributed by atoms with E-state index >= 15 is 0 Å². The number of nitrogens with two attached hydrogens (primary N) is 1. The first-order valence-electron chi connectivity index (χ1n) is 3.74. The van der Waals surface area contributed by atoms with Crippen LogP contribution in [0.15, 0.2) is 6.20 Å². The summed E-state index contributed by atoms with van der Waals surface area (Å²) in [5.41, 5.74) is 4.47. The third-order valence-corrected chi connectivity index (χ3v) is 1.74. The molecule has 1 heterocycles. The van der Waals surface area contributed by atoms with Gasteiger partial charge in [-0.2, -0.15) is 13.2 Å². The molecule has 0 fully saturated rings. The lowest BCUT2D eigenvalue weighted by Crippen LogP contribution is -2.14. The summed E-state index contributed by atoms with van der Waals surface area (Å²) in [7, 11) is 1.33. The Bertz CT molecular complexity index is 290. The number of halogens is 3. The highest BCUT2D eigenvalue weighted by Crippen LogP contribution is 2.29. The highest BCUT2D eigenvalue weighted by molar-refractivity contribution is 5.08. The van der Waals surface area contributed by atoms with Gasteiger partial charge in [-0.25, -0.2) is 4.98 Å². The van der Waals surface area contributed by atoms with E-state index in [0.29, 0.717) is 18.8 Å². The smallest absolute Gasteiger partial charge is 0.330 e. The zero-order valence-electron chi connectivity index (χ0n) is 7.10. The summed E-state index contributed by atoms with van der Waals surface area (Å²) in [6, 6.07) is 0. The van der Waals surface area contributed by atoms with E-state index in [-0.39, 0.29) is 0 Å². The Hall–Kier alpha value is -1.04. The number of alkyl halides is 3. The lowest BCUT2D eigenvalue weighted by atomic mass is 10.4. The van der Waals surface area contributed by atoms with E-state index in [0.717, 1.165) is 10.8 Å². The minimum absolute atomic E-state index is 0.294. The predicted molar refractivity (Wildman–Crippen MR) is 41.0 cm³/mol. The van der Waals surface area contributed by atoms with Gasteiger partial charge in [-0.05, 0) is 6.54 Å². The Morgan fingerprint density at radius 1 is 1.54 bits per heavy atom. The van der Waals surface area contributed by atoms with E-state index < -0.39 is 11.9 Å². The van der Waals surface area contributed by atoms with Gasteiger partial charge in [0.15, 0.2) is 0 Å². The number of hydrogen-bond donors (Lipinski definition) is 1. The van der Waals surface area contributed by atoms with Crippen molar-refractivity contribution in [3.63, 3.8) is 0 Å². The van der Waals surface area contributed by atoms with Crippen LogP contribution in [0, 0.1) is 0 Å². The summed E-state index contributed by atoms with van der Waals surface area (Å²) in [5, 5.41) is 0. The van der Waals surface area contributed by atoms with Crippen LogP contribution < -0.4 is 5.73 Å². The third-order valence-electron chi connectivity index (χ3n) is 1.74. The fraction of sp³-hybridized carbons (Fsp3) is 0.571. The van der Waals surface area contributed by atoms with Crippen molar-refractivity contribution in [1.82, 2.24) is 9.55 Å². The fourth-order valence-corrected chi connectivity index (χ4v) is 1.07. The lowest BCUT2D eigenvalue weighted by Gasteiger charge is -2.07. The van der Waals surface area contributed by atoms with Crippen LogP contribution in [0.2, 0.25) is 0 Å². The highest BCUT2D eigenvalue weighted by atomic mass is 19.4. The molecule has 0 aliphatic heterocycles. The predicted octanol–water partition coefficient (Wildman–Crippen LogP) is 0.940. The number of rotatable bonds is 2. The van der Waals surface area contributed by atoms with Gasteiger partial charge in [0.05, 0.1) is 6.20 Å². The highest BCUT2D eigenvalue weighted by Gasteiger charge is 2.34. The number of aromatic nitrogens is 2. The van der Waals surface area contributed by atoms with Crippen LogP contribution in [-0.2, 0) is 19.6 Å². The minimum atomic E-state index is -4.34. The van der Waals surface area contributed by atoms with Gasteiger partial charge in [-0.3, -0.25) is 0 Å². The van der Waals surface area contributed by atoms with E-state index in [1.807, 2.05) is 0 Å². The Labute approximate surface area is 73.4 Å². The Morgan fingerprint density at radius 3 is 2.54 bits per heavy atom. The first-order valence-corrected chi connectivity index (χ1v) is 3.74. The molecule has 13 heavy (non-hydrogen) atoms. The molecule has 6 heteroatoms. The molecule has 1 aromatic rings. The van der Waals surface area contributed by atoms with Crippen molar-refractivity contribution in [2.75, 3.05) is 6.54 Å². The first-order chi connectivity index (χ1) is 5.96. The molecule has 3 nitrogen and oxygen atoms in total. The second-order valence-corrected chi connectivity index (χ2v) is 2.66. The van der Waals surface area contributed by atoms with Crippen molar-refractivity contribution >= 4 is 0 Å². The lowest BCUT2D eigenvalue weighted by molar-refractivity contribution is -0.143. The van der Waals surface area contributed by atoms with Crippen LogP contribution in [-0.4, -0.2) is 16.1 Å². The molecule has 0 amide bonds. The summed E-state index contributed by atoms with van der Waals surface area (Å²) in [6.45, 7) is 0.294. The summed E-state index contributed by atoms with van der Waals surface area (Å²) >= 11 is 0. The molecule has 1 aromatic heterocycles. The van der Waals surface area contributed by atoms with E-state index in [9.17, 15) is 13.2 Å². The second-order valence-electron chi connectivity index (χ2n) is 2.66. The topological polar surface area (TPSA) is 43.8 Å². The molecule has 2 N–H and O–H groups in total. The zero-order valence-corrected chi connectivity index (χ0v) is 7.10. The van der Waals surface area contributed by atoms with Crippen LogP contribution in [0.4, 0.5) is 13.2 Å². The molecule has 0 saturated carbocycles. The Morgan fingerprint density at radius 2 is 2.15 bits per heavy atom. The van der Waals surface area contributed by atoms with Gasteiger partial charge in [-0.1, -0.05) is 0 Å². The summed E-state index contributed by atoms with van der Waals surface area (Å²) in [4.78, 5) is 3.63. The molecule has 0 aliphatic rings.